The number of esters is 1. The van der Waals surface area contributed by atoms with Crippen molar-refractivity contribution in [1.29, 1.82) is 0 Å². The Morgan fingerprint density at radius 2 is 2.00 bits per heavy atom. The van der Waals surface area contributed by atoms with Gasteiger partial charge >= 0.3 is 5.97 Å². The van der Waals surface area contributed by atoms with Gasteiger partial charge in [-0.3, -0.25) is 9.59 Å². The molecule has 0 saturated carbocycles. The lowest BCUT2D eigenvalue weighted by Gasteiger charge is -2.32. The molecule has 0 radical (unpaired) electrons. The summed E-state index contributed by atoms with van der Waals surface area (Å²) in [5, 5.41) is 1.23. The SMILES string of the molecule is CCOC(=O)CC1Sc2ccccc2N(Cc2nc3c(Cl)c(Cl)cc(Cl)c3s2)C1=O. The number of nitrogens with zero attached hydrogens (tertiary/aromatic N) is 2. The topological polar surface area (TPSA) is 59.5 Å². The van der Waals surface area contributed by atoms with Gasteiger partial charge in [0.1, 0.15) is 10.5 Å². The summed E-state index contributed by atoms with van der Waals surface area (Å²) in [5.41, 5.74) is 1.30. The highest BCUT2D eigenvalue weighted by Gasteiger charge is 2.35. The number of carbonyl (C=O) groups is 2. The van der Waals surface area contributed by atoms with E-state index in [2.05, 4.69) is 4.98 Å². The standard InChI is InChI=1S/C20H15Cl3N2O3S2/c1-2-28-16(26)8-14-20(27)25(12-5-3-4-6-13(12)29-14)9-15-24-18-17(23)10(21)7-11(22)19(18)30-15/h3-7,14H,2,8-9H2,1H3. The third-order valence-corrected chi connectivity index (χ3v) is 7.99. The summed E-state index contributed by atoms with van der Waals surface area (Å²) in [6.07, 6.45) is 0.00921. The van der Waals surface area contributed by atoms with E-state index in [0.29, 0.717) is 25.6 Å². The second kappa shape index (κ2) is 8.93. The number of thiazole rings is 1. The minimum atomic E-state index is -0.560. The van der Waals surface area contributed by atoms with Crippen LogP contribution in [0.5, 0.6) is 0 Å². The molecule has 1 aromatic heterocycles. The van der Waals surface area contributed by atoms with Gasteiger partial charge < -0.3 is 9.64 Å². The number of fused-ring (bicyclic) bond motifs is 2. The van der Waals surface area contributed by atoms with Gasteiger partial charge in [-0.2, -0.15) is 0 Å². The molecule has 0 aliphatic carbocycles. The lowest BCUT2D eigenvalue weighted by molar-refractivity contribution is -0.144. The highest BCUT2D eigenvalue weighted by molar-refractivity contribution is 8.01. The molecule has 0 fully saturated rings. The summed E-state index contributed by atoms with van der Waals surface area (Å²) in [6.45, 7) is 2.25. The van der Waals surface area contributed by atoms with Crippen LogP contribution in [0.2, 0.25) is 15.1 Å². The van der Waals surface area contributed by atoms with Gasteiger partial charge in [-0.05, 0) is 25.1 Å². The summed E-state index contributed by atoms with van der Waals surface area (Å²) in [6, 6.07) is 9.18. The minimum absolute atomic E-state index is 0.00921. The molecule has 0 saturated heterocycles. The summed E-state index contributed by atoms with van der Waals surface area (Å²) in [7, 11) is 0. The van der Waals surface area contributed by atoms with E-state index >= 15 is 0 Å². The molecule has 0 spiro atoms. The van der Waals surface area contributed by atoms with Crippen LogP contribution < -0.4 is 4.90 Å². The lowest BCUT2D eigenvalue weighted by atomic mass is 10.2. The van der Waals surface area contributed by atoms with E-state index in [0.717, 1.165) is 15.3 Å². The van der Waals surface area contributed by atoms with Crippen molar-refractivity contribution in [3.05, 3.63) is 50.4 Å². The molecule has 0 bridgehead atoms. The van der Waals surface area contributed by atoms with Crippen molar-refractivity contribution in [2.24, 2.45) is 0 Å². The maximum Gasteiger partial charge on any atom is 0.307 e. The highest BCUT2D eigenvalue weighted by atomic mass is 35.5. The molecule has 1 amide bonds. The molecule has 2 aromatic carbocycles. The average molecular weight is 502 g/mol. The Labute approximate surface area is 196 Å². The second-order valence-corrected chi connectivity index (χ2v) is 9.97. The number of thioether (sulfide) groups is 1. The molecule has 1 aliphatic rings. The van der Waals surface area contributed by atoms with Crippen molar-refractivity contribution < 1.29 is 14.3 Å². The van der Waals surface area contributed by atoms with E-state index in [1.807, 2.05) is 24.3 Å². The normalized spacial score (nSPS) is 16.1. The van der Waals surface area contributed by atoms with E-state index in [-0.39, 0.29) is 25.5 Å². The van der Waals surface area contributed by atoms with Gasteiger partial charge in [0.05, 0.1) is 50.3 Å². The first-order valence-corrected chi connectivity index (χ1v) is 11.9. The lowest BCUT2D eigenvalue weighted by Crippen LogP contribution is -2.41. The zero-order chi connectivity index (χ0) is 21.4. The Kier molecular flexibility index (Phi) is 6.46. The number of amides is 1. The van der Waals surface area contributed by atoms with Crippen molar-refractivity contribution in [3.8, 4) is 0 Å². The van der Waals surface area contributed by atoms with Crippen LogP contribution in [-0.2, 0) is 20.9 Å². The third kappa shape index (κ3) is 4.14. The molecule has 1 aliphatic heterocycles. The van der Waals surface area contributed by atoms with Crippen LogP contribution >= 0.6 is 57.9 Å². The number of anilines is 1. The molecule has 2 heterocycles. The molecular formula is C20H15Cl3N2O3S2. The second-order valence-electron chi connectivity index (χ2n) is 6.45. The van der Waals surface area contributed by atoms with Crippen LogP contribution in [-0.4, -0.2) is 28.7 Å². The quantitative estimate of drug-likeness (QED) is 0.307. The summed E-state index contributed by atoms with van der Waals surface area (Å²) in [4.78, 5) is 32.4. The average Bonchev–Trinajstić information content (AvgIpc) is 3.14. The number of aromatic nitrogens is 1. The molecule has 30 heavy (non-hydrogen) atoms. The Balaban J connectivity index is 1.69. The fourth-order valence-corrected chi connectivity index (χ4v) is 6.16. The van der Waals surface area contributed by atoms with Crippen LogP contribution in [0.15, 0.2) is 35.2 Å². The number of carbonyl (C=O) groups excluding carboxylic acids is 2. The van der Waals surface area contributed by atoms with Gasteiger partial charge in [-0.1, -0.05) is 46.9 Å². The van der Waals surface area contributed by atoms with E-state index < -0.39 is 11.2 Å². The smallest absolute Gasteiger partial charge is 0.307 e. The van der Waals surface area contributed by atoms with E-state index in [1.54, 1.807) is 17.9 Å². The zero-order valence-electron chi connectivity index (χ0n) is 15.7. The van der Waals surface area contributed by atoms with Gasteiger partial charge in [0.2, 0.25) is 5.91 Å². The van der Waals surface area contributed by atoms with Crippen molar-refractivity contribution in [1.82, 2.24) is 4.98 Å². The number of ether oxygens (including phenoxy) is 1. The van der Waals surface area contributed by atoms with Crippen molar-refractivity contribution in [3.63, 3.8) is 0 Å². The summed E-state index contributed by atoms with van der Waals surface area (Å²) in [5.74, 6) is -0.558. The van der Waals surface area contributed by atoms with Crippen LogP contribution in [0, 0.1) is 0 Å². The summed E-state index contributed by atoms with van der Waals surface area (Å²) < 4.78 is 5.76. The molecule has 3 aromatic rings. The monoisotopic (exact) mass is 500 g/mol. The zero-order valence-corrected chi connectivity index (χ0v) is 19.6. The fourth-order valence-electron chi connectivity index (χ4n) is 3.17. The van der Waals surface area contributed by atoms with Crippen LogP contribution in [0.25, 0.3) is 10.2 Å². The van der Waals surface area contributed by atoms with Crippen molar-refractivity contribution in [2.45, 2.75) is 30.0 Å². The maximum absolute atomic E-state index is 13.2. The van der Waals surface area contributed by atoms with Crippen LogP contribution in [0.3, 0.4) is 0 Å². The van der Waals surface area contributed by atoms with E-state index in [9.17, 15) is 9.59 Å². The first kappa shape index (κ1) is 21.7. The van der Waals surface area contributed by atoms with Gasteiger partial charge in [-0.25, -0.2) is 4.98 Å². The van der Waals surface area contributed by atoms with Gasteiger partial charge in [-0.15, -0.1) is 23.1 Å². The Hall–Kier alpha value is -1.51. The highest BCUT2D eigenvalue weighted by Crippen LogP contribution is 2.43. The van der Waals surface area contributed by atoms with E-state index in [4.69, 9.17) is 39.5 Å². The molecule has 4 rings (SSSR count). The molecule has 1 unspecified atom stereocenters. The molecular weight excluding hydrogens is 487 g/mol. The predicted octanol–water partition coefficient (Wildman–Crippen LogP) is 6.22. The fraction of sp³-hybridized carbons (Fsp3) is 0.250. The summed E-state index contributed by atoms with van der Waals surface area (Å²) >= 11 is 21.4. The molecule has 10 heteroatoms. The Bertz CT molecular complexity index is 1150. The molecule has 156 valence electrons. The van der Waals surface area contributed by atoms with Crippen LogP contribution in [0.1, 0.15) is 18.4 Å². The third-order valence-electron chi connectivity index (χ3n) is 4.48. The van der Waals surface area contributed by atoms with E-state index in [1.165, 1.54) is 23.1 Å². The predicted molar refractivity (Wildman–Crippen MR) is 123 cm³/mol. The first-order valence-electron chi connectivity index (χ1n) is 9.04. The first-order chi connectivity index (χ1) is 14.4. The number of halogens is 3. The molecule has 0 N–H and O–H groups in total. The maximum atomic E-state index is 13.2. The van der Waals surface area contributed by atoms with Gasteiger partial charge in [0.25, 0.3) is 0 Å². The Morgan fingerprint density at radius 3 is 2.77 bits per heavy atom. The minimum Gasteiger partial charge on any atom is -0.466 e. The Morgan fingerprint density at radius 1 is 1.23 bits per heavy atom. The number of para-hydroxylation sites is 1. The molecule has 1 atom stereocenters. The number of rotatable bonds is 5. The molecule has 5 nitrogen and oxygen atoms in total. The van der Waals surface area contributed by atoms with Gasteiger partial charge in [0, 0.05) is 4.90 Å². The van der Waals surface area contributed by atoms with Crippen molar-refractivity contribution >= 4 is 85.7 Å². The number of hydrogen-bond donors (Lipinski definition) is 0. The largest absolute Gasteiger partial charge is 0.466 e. The number of benzene rings is 2. The van der Waals surface area contributed by atoms with Crippen LogP contribution in [0.4, 0.5) is 5.69 Å². The van der Waals surface area contributed by atoms with Gasteiger partial charge in [0.15, 0.2) is 0 Å². The number of hydrogen-bond acceptors (Lipinski definition) is 6. The van der Waals surface area contributed by atoms with Crippen molar-refractivity contribution in [2.75, 3.05) is 11.5 Å².